The SMILES string of the molecule is CC1(C)CC(Nc2ccc(S(=O)(=O)N3CCOCC3)cn2)c2ccccc21. The third-order valence-corrected chi connectivity index (χ3v) is 7.33. The molecule has 1 saturated heterocycles. The molecule has 0 saturated carbocycles. The average Bonchev–Trinajstić information content (AvgIpc) is 2.93. The van der Waals surface area contributed by atoms with Gasteiger partial charge >= 0.3 is 0 Å². The summed E-state index contributed by atoms with van der Waals surface area (Å²) in [6, 6.07) is 12.0. The number of benzene rings is 1. The number of pyridine rings is 1. The average molecular weight is 388 g/mol. The van der Waals surface area contributed by atoms with Crippen molar-refractivity contribution in [3.8, 4) is 0 Å². The first-order valence-electron chi connectivity index (χ1n) is 9.28. The minimum Gasteiger partial charge on any atom is -0.379 e. The van der Waals surface area contributed by atoms with E-state index in [1.54, 1.807) is 12.1 Å². The van der Waals surface area contributed by atoms with Crippen LogP contribution in [0.5, 0.6) is 0 Å². The Bertz CT molecular complexity index is 920. The molecular formula is C20H25N3O3S. The standard InChI is InChI=1S/C20H25N3O3S/c1-20(2)13-18(16-5-3-4-6-17(16)20)22-19-8-7-15(14-21-19)27(24,25)23-9-11-26-12-10-23/h3-8,14,18H,9-13H2,1-2H3,(H,21,22). The fourth-order valence-corrected chi connectivity index (χ4v) is 5.36. The van der Waals surface area contributed by atoms with E-state index in [9.17, 15) is 8.42 Å². The van der Waals surface area contributed by atoms with Crippen LogP contribution in [0.3, 0.4) is 0 Å². The van der Waals surface area contributed by atoms with Crippen molar-refractivity contribution in [2.24, 2.45) is 0 Å². The number of nitrogens with one attached hydrogen (secondary N) is 1. The van der Waals surface area contributed by atoms with Crippen LogP contribution in [0.15, 0.2) is 47.5 Å². The monoisotopic (exact) mass is 387 g/mol. The number of rotatable bonds is 4. The Hall–Kier alpha value is -1.96. The van der Waals surface area contributed by atoms with Crippen molar-refractivity contribution in [2.45, 2.75) is 36.6 Å². The Balaban J connectivity index is 1.52. The molecule has 27 heavy (non-hydrogen) atoms. The van der Waals surface area contributed by atoms with E-state index in [1.807, 2.05) is 0 Å². The maximum absolute atomic E-state index is 12.7. The topological polar surface area (TPSA) is 71.5 Å². The van der Waals surface area contributed by atoms with Crippen molar-refractivity contribution in [2.75, 3.05) is 31.6 Å². The highest BCUT2D eigenvalue weighted by Gasteiger charge is 2.36. The largest absolute Gasteiger partial charge is 0.379 e. The molecule has 1 aliphatic carbocycles. The number of aromatic nitrogens is 1. The second-order valence-electron chi connectivity index (χ2n) is 7.77. The van der Waals surface area contributed by atoms with Gasteiger partial charge < -0.3 is 10.1 Å². The molecular weight excluding hydrogens is 362 g/mol. The van der Waals surface area contributed by atoms with Crippen LogP contribution in [0.1, 0.15) is 37.4 Å². The molecule has 0 radical (unpaired) electrons. The summed E-state index contributed by atoms with van der Waals surface area (Å²) < 4.78 is 32.1. The molecule has 0 spiro atoms. The maximum atomic E-state index is 12.7. The Morgan fingerprint density at radius 2 is 1.89 bits per heavy atom. The van der Waals surface area contributed by atoms with Gasteiger partial charge in [0, 0.05) is 19.3 Å². The number of sulfonamides is 1. The molecule has 2 aromatic rings. The fraction of sp³-hybridized carbons (Fsp3) is 0.450. The Morgan fingerprint density at radius 1 is 1.15 bits per heavy atom. The van der Waals surface area contributed by atoms with Crippen LogP contribution < -0.4 is 5.32 Å². The van der Waals surface area contributed by atoms with Gasteiger partial charge in [-0.3, -0.25) is 0 Å². The van der Waals surface area contributed by atoms with E-state index >= 15 is 0 Å². The van der Waals surface area contributed by atoms with E-state index in [1.165, 1.54) is 21.6 Å². The second kappa shape index (κ2) is 6.89. The lowest BCUT2D eigenvalue weighted by atomic mass is 9.86. The molecule has 1 aromatic heterocycles. The molecule has 0 bridgehead atoms. The summed E-state index contributed by atoms with van der Waals surface area (Å²) in [5.41, 5.74) is 2.75. The lowest BCUT2D eigenvalue weighted by Crippen LogP contribution is -2.40. The highest BCUT2D eigenvalue weighted by atomic mass is 32.2. The summed E-state index contributed by atoms with van der Waals surface area (Å²) in [5, 5.41) is 3.47. The molecule has 2 heterocycles. The molecule has 1 fully saturated rings. The molecule has 4 rings (SSSR count). The van der Waals surface area contributed by atoms with Crippen LogP contribution in [0.25, 0.3) is 0 Å². The fourth-order valence-electron chi connectivity index (χ4n) is 4.01. The zero-order valence-electron chi connectivity index (χ0n) is 15.7. The first-order chi connectivity index (χ1) is 12.9. The smallest absolute Gasteiger partial charge is 0.244 e. The van der Waals surface area contributed by atoms with Crippen molar-refractivity contribution in [1.82, 2.24) is 9.29 Å². The van der Waals surface area contributed by atoms with Crippen molar-refractivity contribution in [1.29, 1.82) is 0 Å². The van der Waals surface area contributed by atoms with Gasteiger partial charge in [-0.2, -0.15) is 4.31 Å². The van der Waals surface area contributed by atoms with E-state index in [-0.39, 0.29) is 16.4 Å². The van der Waals surface area contributed by atoms with Gasteiger partial charge in [0.2, 0.25) is 10.0 Å². The number of hydrogen-bond donors (Lipinski definition) is 1. The molecule has 1 unspecified atom stereocenters. The van der Waals surface area contributed by atoms with Gasteiger partial charge in [0.1, 0.15) is 10.7 Å². The van der Waals surface area contributed by atoms with E-state index in [0.29, 0.717) is 32.1 Å². The maximum Gasteiger partial charge on any atom is 0.244 e. The number of anilines is 1. The highest BCUT2D eigenvalue weighted by Crippen LogP contribution is 2.45. The summed E-state index contributed by atoms with van der Waals surface area (Å²) in [6.07, 6.45) is 2.42. The zero-order valence-corrected chi connectivity index (χ0v) is 16.5. The van der Waals surface area contributed by atoms with Crippen LogP contribution in [-0.2, 0) is 20.2 Å². The summed E-state index contributed by atoms with van der Waals surface area (Å²) in [4.78, 5) is 4.60. The number of morpholine rings is 1. The predicted molar refractivity (Wildman–Crippen MR) is 104 cm³/mol. The Labute approximate surface area is 160 Å². The Kier molecular flexibility index (Phi) is 4.70. The lowest BCUT2D eigenvalue weighted by Gasteiger charge is -2.26. The van der Waals surface area contributed by atoms with Crippen molar-refractivity contribution < 1.29 is 13.2 Å². The van der Waals surface area contributed by atoms with Gasteiger partial charge in [0.25, 0.3) is 0 Å². The summed E-state index contributed by atoms with van der Waals surface area (Å²) >= 11 is 0. The molecule has 6 nitrogen and oxygen atoms in total. The normalized spacial score (nSPS) is 22.4. The molecule has 1 aliphatic heterocycles. The first kappa shape index (κ1) is 18.4. The first-order valence-corrected chi connectivity index (χ1v) is 10.7. The predicted octanol–water partition coefficient (Wildman–Crippen LogP) is 2.94. The van der Waals surface area contributed by atoms with E-state index < -0.39 is 10.0 Å². The van der Waals surface area contributed by atoms with Crippen molar-refractivity contribution in [3.63, 3.8) is 0 Å². The number of hydrogen-bond acceptors (Lipinski definition) is 5. The van der Waals surface area contributed by atoms with Gasteiger partial charge in [-0.05, 0) is 35.1 Å². The minimum absolute atomic E-state index is 0.105. The second-order valence-corrected chi connectivity index (χ2v) is 9.71. The van der Waals surface area contributed by atoms with E-state index in [2.05, 4.69) is 48.4 Å². The molecule has 144 valence electrons. The van der Waals surface area contributed by atoms with Gasteiger partial charge in [-0.1, -0.05) is 38.1 Å². The van der Waals surface area contributed by atoms with Crippen LogP contribution >= 0.6 is 0 Å². The summed E-state index contributed by atoms with van der Waals surface area (Å²) in [6.45, 7) is 6.14. The van der Waals surface area contributed by atoms with Crippen molar-refractivity contribution >= 4 is 15.8 Å². The number of ether oxygens (including phenoxy) is 1. The van der Waals surface area contributed by atoms with Crippen LogP contribution in [0.2, 0.25) is 0 Å². The van der Waals surface area contributed by atoms with E-state index in [0.717, 1.165) is 6.42 Å². The number of fused-ring (bicyclic) bond motifs is 1. The Morgan fingerprint density at radius 3 is 2.59 bits per heavy atom. The molecule has 1 N–H and O–H groups in total. The van der Waals surface area contributed by atoms with Crippen LogP contribution in [0.4, 0.5) is 5.82 Å². The van der Waals surface area contributed by atoms with Gasteiger partial charge in [0.05, 0.1) is 19.3 Å². The lowest BCUT2D eigenvalue weighted by molar-refractivity contribution is 0.0730. The molecule has 7 heteroatoms. The summed E-state index contributed by atoms with van der Waals surface area (Å²) in [5.74, 6) is 0.688. The van der Waals surface area contributed by atoms with Gasteiger partial charge in [-0.15, -0.1) is 0 Å². The van der Waals surface area contributed by atoms with E-state index in [4.69, 9.17) is 4.74 Å². The quantitative estimate of drug-likeness (QED) is 0.873. The zero-order chi connectivity index (χ0) is 19.1. The molecule has 2 aliphatic rings. The number of nitrogens with zero attached hydrogens (tertiary/aromatic N) is 2. The van der Waals surface area contributed by atoms with Crippen LogP contribution in [-0.4, -0.2) is 44.0 Å². The molecule has 1 aromatic carbocycles. The van der Waals surface area contributed by atoms with Gasteiger partial charge in [0.15, 0.2) is 0 Å². The third kappa shape index (κ3) is 3.47. The minimum atomic E-state index is -3.51. The van der Waals surface area contributed by atoms with Gasteiger partial charge in [-0.25, -0.2) is 13.4 Å². The van der Waals surface area contributed by atoms with Crippen LogP contribution in [0, 0.1) is 0 Å². The third-order valence-electron chi connectivity index (χ3n) is 5.45. The van der Waals surface area contributed by atoms with Crippen molar-refractivity contribution in [3.05, 3.63) is 53.7 Å². The molecule has 0 amide bonds. The summed E-state index contributed by atoms with van der Waals surface area (Å²) in [7, 11) is -3.51. The highest BCUT2D eigenvalue weighted by molar-refractivity contribution is 7.89. The molecule has 1 atom stereocenters.